The molecule has 0 saturated heterocycles. The summed E-state index contributed by atoms with van der Waals surface area (Å²) in [5, 5.41) is 3.83. The molecule has 0 atom stereocenters. The molecule has 0 aromatic heterocycles. The van der Waals surface area contributed by atoms with Gasteiger partial charge < -0.3 is 11.1 Å². The fourth-order valence-electron chi connectivity index (χ4n) is 3.46. The Balaban J connectivity index is 0.00000176. The monoisotopic (exact) mass is 316 g/mol. The van der Waals surface area contributed by atoms with Crippen molar-refractivity contribution in [1.82, 2.24) is 5.32 Å². The molecule has 0 spiro atoms. The van der Waals surface area contributed by atoms with Crippen LogP contribution in [0.5, 0.6) is 0 Å². The third-order valence-electron chi connectivity index (χ3n) is 4.61. The van der Waals surface area contributed by atoms with Gasteiger partial charge in [0.05, 0.1) is 0 Å². The van der Waals surface area contributed by atoms with E-state index in [4.69, 9.17) is 5.73 Å². The minimum Gasteiger partial charge on any atom is -0.399 e. The van der Waals surface area contributed by atoms with E-state index in [0.29, 0.717) is 0 Å². The van der Waals surface area contributed by atoms with Gasteiger partial charge in [-0.2, -0.15) is 0 Å². The summed E-state index contributed by atoms with van der Waals surface area (Å²) in [5.41, 5.74) is 10.9. The minimum atomic E-state index is 0. The number of hydrogen-bond donors (Lipinski definition) is 2. The molecule has 0 radical (unpaired) electrons. The Morgan fingerprint density at radius 1 is 1.05 bits per heavy atom. The van der Waals surface area contributed by atoms with Crippen LogP contribution in [0.15, 0.2) is 48.5 Å². The molecule has 1 aliphatic rings. The van der Waals surface area contributed by atoms with Crippen LogP contribution in [0.1, 0.15) is 42.4 Å². The molecular weight excluding hydrogens is 292 g/mol. The van der Waals surface area contributed by atoms with Crippen LogP contribution >= 0.6 is 12.4 Å². The Bertz CT molecular complexity index is 618. The highest BCUT2D eigenvalue weighted by Crippen LogP contribution is 2.39. The topological polar surface area (TPSA) is 38.0 Å². The molecule has 1 saturated carbocycles. The van der Waals surface area contributed by atoms with Crippen molar-refractivity contribution in [1.29, 1.82) is 0 Å². The summed E-state index contributed by atoms with van der Waals surface area (Å²) in [6, 6.07) is 17.1. The van der Waals surface area contributed by atoms with Crippen LogP contribution in [-0.2, 0) is 12.1 Å². The van der Waals surface area contributed by atoms with E-state index in [2.05, 4.69) is 48.6 Å². The van der Waals surface area contributed by atoms with Gasteiger partial charge in [-0.15, -0.1) is 12.4 Å². The quantitative estimate of drug-likeness (QED) is 0.812. The van der Waals surface area contributed by atoms with Crippen LogP contribution in [0.2, 0.25) is 0 Å². The lowest BCUT2D eigenvalue weighted by molar-refractivity contribution is 0.338. The van der Waals surface area contributed by atoms with Gasteiger partial charge in [0.15, 0.2) is 0 Å². The summed E-state index contributed by atoms with van der Waals surface area (Å²) in [7, 11) is 0. The van der Waals surface area contributed by atoms with Crippen molar-refractivity contribution in [2.75, 3.05) is 5.73 Å². The van der Waals surface area contributed by atoms with E-state index in [0.717, 1.165) is 12.2 Å². The van der Waals surface area contributed by atoms with Crippen LogP contribution in [0.3, 0.4) is 0 Å². The highest BCUT2D eigenvalue weighted by Gasteiger charge is 2.34. The van der Waals surface area contributed by atoms with Gasteiger partial charge in [-0.05, 0) is 43.0 Å². The van der Waals surface area contributed by atoms with E-state index in [1.54, 1.807) is 0 Å². The molecule has 0 aliphatic heterocycles. The number of benzene rings is 2. The molecule has 2 aromatic rings. The summed E-state index contributed by atoms with van der Waals surface area (Å²) in [6.07, 6.45) is 5.05. The number of nitrogens with one attached hydrogen (secondary N) is 1. The first-order chi connectivity index (χ1) is 10.2. The lowest BCUT2D eigenvalue weighted by Crippen LogP contribution is -2.39. The van der Waals surface area contributed by atoms with Gasteiger partial charge in [0.2, 0.25) is 0 Å². The Morgan fingerprint density at radius 3 is 2.45 bits per heavy atom. The number of rotatable bonds is 4. The van der Waals surface area contributed by atoms with Crippen molar-refractivity contribution in [3.05, 3.63) is 65.2 Å². The normalized spacial score (nSPS) is 16.2. The van der Waals surface area contributed by atoms with Gasteiger partial charge in [0.1, 0.15) is 0 Å². The molecule has 0 bridgehead atoms. The smallest absolute Gasteiger partial charge is 0.0437 e. The Labute approximate surface area is 139 Å². The van der Waals surface area contributed by atoms with Gasteiger partial charge in [0, 0.05) is 17.8 Å². The largest absolute Gasteiger partial charge is 0.399 e. The van der Waals surface area contributed by atoms with Crippen LogP contribution in [-0.4, -0.2) is 0 Å². The van der Waals surface area contributed by atoms with Gasteiger partial charge in [-0.1, -0.05) is 54.8 Å². The van der Waals surface area contributed by atoms with Gasteiger partial charge >= 0.3 is 0 Å². The molecule has 3 rings (SSSR count). The Kier molecular flexibility index (Phi) is 5.49. The van der Waals surface area contributed by atoms with Crippen LogP contribution in [0, 0.1) is 6.92 Å². The lowest BCUT2D eigenvalue weighted by atomic mass is 9.87. The van der Waals surface area contributed by atoms with Crippen molar-refractivity contribution >= 4 is 18.1 Å². The molecule has 0 amide bonds. The zero-order valence-electron chi connectivity index (χ0n) is 13.1. The molecular formula is C19H25ClN2. The number of nitrogens with two attached hydrogens (primary N) is 1. The predicted octanol–water partition coefficient (Wildman–Crippen LogP) is 4.56. The summed E-state index contributed by atoms with van der Waals surface area (Å²) < 4.78 is 0. The van der Waals surface area contributed by atoms with Crippen molar-refractivity contribution in [2.45, 2.75) is 44.7 Å². The molecule has 3 heteroatoms. The van der Waals surface area contributed by atoms with Crippen molar-refractivity contribution in [3.8, 4) is 0 Å². The maximum Gasteiger partial charge on any atom is 0.0437 e. The summed E-state index contributed by atoms with van der Waals surface area (Å²) in [4.78, 5) is 0. The fourth-order valence-corrected chi connectivity index (χ4v) is 3.46. The number of aryl methyl sites for hydroxylation is 1. The maximum absolute atomic E-state index is 5.88. The molecule has 118 valence electrons. The standard InChI is InChI=1S/C19H24N2.ClH/c1-15-6-4-8-17(12-15)19(10-2-3-11-19)21-14-16-7-5-9-18(20)13-16;/h4-9,12-13,21H,2-3,10-11,14,20H2,1H3;1H. The lowest BCUT2D eigenvalue weighted by Gasteiger charge is -2.32. The van der Waals surface area contributed by atoms with E-state index in [1.807, 2.05) is 12.1 Å². The first kappa shape index (κ1) is 16.9. The van der Waals surface area contributed by atoms with Gasteiger partial charge in [-0.25, -0.2) is 0 Å². The molecule has 3 N–H and O–H groups in total. The highest BCUT2D eigenvalue weighted by atomic mass is 35.5. The van der Waals surface area contributed by atoms with Crippen molar-refractivity contribution in [3.63, 3.8) is 0 Å². The highest BCUT2D eigenvalue weighted by molar-refractivity contribution is 5.85. The number of anilines is 1. The Hall–Kier alpha value is -1.51. The summed E-state index contributed by atoms with van der Waals surface area (Å²) >= 11 is 0. The minimum absolute atomic E-state index is 0. The second kappa shape index (κ2) is 7.17. The average molecular weight is 317 g/mol. The second-order valence-corrected chi connectivity index (χ2v) is 6.26. The van der Waals surface area contributed by atoms with E-state index in [1.165, 1.54) is 42.4 Å². The molecule has 2 nitrogen and oxygen atoms in total. The third kappa shape index (κ3) is 3.63. The number of halogens is 1. The SMILES string of the molecule is Cc1cccc(C2(NCc3cccc(N)c3)CCCC2)c1.Cl. The van der Waals surface area contributed by atoms with Gasteiger partial charge in [0.25, 0.3) is 0 Å². The third-order valence-corrected chi connectivity index (χ3v) is 4.61. The first-order valence-corrected chi connectivity index (χ1v) is 7.85. The molecule has 1 fully saturated rings. The zero-order valence-corrected chi connectivity index (χ0v) is 14.0. The molecule has 0 heterocycles. The average Bonchev–Trinajstić information content (AvgIpc) is 2.95. The van der Waals surface area contributed by atoms with E-state index >= 15 is 0 Å². The summed E-state index contributed by atoms with van der Waals surface area (Å²) in [5.74, 6) is 0. The van der Waals surface area contributed by atoms with Crippen LogP contribution < -0.4 is 11.1 Å². The molecule has 0 unspecified atom stereocenters. The number of nitrogen functional groups attached to an aromatic ring is 1. The van der Waals surface area contributed by atoms with Crippen LogP contribution in [0.4, 0.5) is 5.69 Å². The first-order valence-electron chi connectivity index (χ1n) is 7.85. The Morgan fingerprint density at radius 2 is 1.77 bits per heavy atom. The van der Waals surface area contributed by atoms with E-state index in [9.17, 15) is 0 Å². The van der Waals surface area contributed by atoms with E-state index in [-0.39, 0.29) is 17.9 Å². The molecule has 1 aliphatic carbocycles. The maximum atomic E-state index is 5.88. The van der Waals surface area contributed by atoms with E-state index < -0.39 is 0 Å². The molecule has 22 heavy (non-hydrogen) atoms. The summed E-state index contributed by atoms with van der Waals surface area (Å²) in [6.45, 7) is 3.04. The van der Waals surface area contributed by atoms with Gasteiger partial charge in [-0.3, -0.25) is 0 Å². The van der Waals surface area contributed by atoms with Crippen molar-refractivity contribution in [2.24, 2.45) is 0 Å². The van der Waals surface area contributed by atoms with Crippen LogP contribution in [0.25, 0.3) is 0 Å². The van der Waals surface area contributed by atoms with Crippen molar-refractivity contribution < 1.29 is 0 Å². The number of hydrogen-bond acceptors (Lipinski definition) is 2. The second-order valence-electron chi connectivity index (χ2n) is 6.26. The molecule has 2 aromatic carbocycles. The zero-order chi connectivity index (χ0) is 14.7. The fraction of sp³-hybridized carbons (Fsp3) is 0.368. The predicted molar refractivity (Wildman–Crippen MR) is 96.3 cm³/mol.